The molecule has 3 aromatic heterocycles. The number of rotatable bonds is 1. The molecule has 3 nitrogen and oxygen atoms in total. The minimum Gasteiger partial charge on any atom is -0.458 e. The smallest absolute Gasteiger partial charge is 0.159 e. The highest BCUT2D eigenvalue weighted by Gasteiger charge is 2.42. The van der Waals surface area contributed by atoms with Crippen LogP contribution in [0.3, 0.4) is 0 Å². The molecule has 0 amide bonds. The highest BCUT2D eigenvalue weighted by atomic mass is 28.3. The van der Waals surface area contributed by atoms with Crippen LogP contribution in [0.4, 0.5) is 0 Å². The van der Waals surface area contributed by atoms with Gasteiger partial charge in [0.15, 0.2) is 5.58 Å². The normalized spacial score (nSPS) is 18.4. The van der Waals surface area contributed by atoms with Crippen molar-refractivity contribution in [3.05, 3.63) is 95.8 Å². The van der Waals surface area contributed by atoms with Gasteiger partial charge in [0.05, 0.1) is 19.8 Å². The third kappa shape index (κ3) is 2.16. The van der Waals surface area contributed by atoms with Crippen molar-refractivity contribution in [3.8, 4) is 0 Å². The van der Waals surface area contributed by atoms with Crippen molar-refractivity contribution in [3.63, 3.8) is 0 Å². The Morgan fingerprint density at radius 1 is 0.722 bits per heavy atom. The van der Waals surface area contributed by atoms with E-state index in [2.05, 4.69) is 103 Å². The van der Waals surface area contributed by atoms with E-state index in [1.165, 1.54) is 54.3 Å². The Kier molecular flexibility index (Phi) is 3.41. The molecule has 0 fully saturated rings. The van der Waals surface area contributed by atoms with Crippen molar-refractivity contribution in [1.82, 2.24) is 4.57 Å². The van der Waals surface area contributed by atoms with Crippen LogP contribution in [0, 0.1) is 0 Å². The summed E-state index contributed by atoms with van der Waals surface area (Å²) in [6.07, 6.45) is 4.69. The minimum absolute atomic E-state index is 0.0749. The maximum Gasteiger partial charge on any atom is 0.159 e. The van der Waals surface area contributed by atoms with Gasteiger partial charge < -0.3 is 13.4 Å². The predicted octanol–water partition coefficient (Wildman–Crippen LogP) is 8.11. The average Bonchev–Trinajstić information content (AvgIpc) is 3.63. The number of para-hydroxylation sites is 2. The molecule has 171 valence electrons. The summed E-state index contributed by atoms with van der Waals surface area (Å²) < 4.78 is 15.8. The lowest BCUT2D eigenvalue weighted by molar-refractivity contribution is 0.448. The first-order valence-electron chi connectivity index (χ1n) is 12.6. The number of benzene rings is 4. The molecule has 4 heterocycles. The Bertz CT molecular complexity index is 2100. The van der Waals surface area contributed by atoms with Crippen molar-refractivity contribution < 1.29 is 8.83 Å². The van der Waals surface area contributed by atoms with Gasteiger partial charge >= 0.3 is 0 Å². The Morgan fingerprint density at radius 2 is 1.47 bits per heavy atom. The van der Waals surface area contributed by atoms with E-state index in [4.69, 9.17) is 8.83 Å². The first-order chi connectivity index (χ1) is 17.7. The summed E-state index contributed by atoms with van der Waals surface area (Å²) in [5.74, 6) is 1.31. The lowest BCUT2D eigenvalue weighted by Gasteiger charge is -2.23. The molecule has 0 saturated carbocycles. The Labute approximate surface area is 208 Å². The largest absolute Gasteiger partial charge is 0.458 e. The Balaban J connectivity index is 1.49. The zero-order valence-electron chi connectivity index (χ0n) is 20.0. The predicted molar refractivity (Wildman–Crippen MR) is 150 cm³/mol. The number of hydrogen-bond acceptors (Lipinski definition) is 2. The Hall–Kier alpha value is -4.02. The second-order valence-corrected chi connectivity index (χ2v) is 13.1. The van der Waals surface area contributed by atoms with E-state index < -0.39 is 8.80 Å². The molecular weight excluding hydrogens is 458 g/mol. The van der Waals surface area contributed by atoms with E-state index in [9.17, 15) is 0 Å². The number of nitrogens with zero attached hydrogens (tertiary/aromatic N) is 1. The first-order valence-corrected chi connectivity index (χ1v) is 15.1. The van der Waals surface area contributed by atoms with E-state index in [-0.39, 0.29) is 12.0 Å². The summed E-state index contributed by atoms with van der Waals surface area (Å²) in [7, 11) is -0.617. The summed E-state index contributed by atoms with van der Waals surface area (Å²) in [5.41, 5.74) is 8.02. The van der Waals surface area contributed by atoms with Gasteiger partial charge in [-0.3, -0.25) is 0 Å². The molecule has 2 aliphatic rings. The summed E-state index contributed by atoms with van der Waals surface area (Å²) in [6, 6.07) is 26.3. The van der Waals surface area contributed by atoms with Crippen LogP contribution in [0.2, 0.25) is 13.1 Å². The zero-order valence-corrected chi connectivity index (χ0v) is 21.0. The van der Waals surface area contributed by atoms with Crippen molar-refractivity contribution in [2.45, 2.75) is 25.1 Å². The van der Waals surface area contributed by atoms with Gasteiger partial charge in [0.1, 0.15) is 23.0 Å². The van der Waals surface area contributed by atoms with Gasteiger partial charge in [-0.05, 0) is 23.8 Å². The van der Waals surface area contributed by atoms with Gasteiger partial charge in [-0.25, -0.2) is 0 Å². The third-order valence-corrected chi connectivity index (χ3v) is 9.83. The second-order valence-electron chi connectivity index (χ2n) is 10.5. The fourth-order valence-corrected chi connectivity index (χ4v) is 7.67. The van der Waals surface area contributed by atoms with Crippen LogP contribution in [-0.2, 0) is 0 Å². The number of hydrogen-bond donors (Lipinski definition) is 0. The molecule has 0 saturated heterocycles. The molecule has 0 spiro atoms. The lowest BCUT2D eigenvalue weighted by atomic mass is 9.85. The number of aromatic nitrogens is 1. The monoisotopic (exact) mass is 480 g/mol. The van der Waals surface area contributed by atoms with Gasteiger partial charge in [-0.15, -0.1) is 0 Å². The molecule has 2 unspecified atom stereocenters. The lowest BCUT2D eigenvalue weighted by Crippen LogP contribution is -2.23. The fraction of sp³-hybridized carbons (Fsp3) is 0.125. The Morgan fingerprint density at radius 3 is 2.31 bits per heavy atom. The van der Waals surface area contributed by atoms with E-state index in [0.717, 1.165) is 22.5 Å². The minimum atomic E-state index is -0.617. The molecule has 9 rings (SSSR count). The summed E-state index contributed by atoms with van der Waals surface area (Å²) in [4.78, 5) is 0. The van der Waals surface area contributed by atoms with Gasteiger partial charge in [-0.1, -0.05) is 85.0 Å². The summed E-state index contributed by atoms with van der Waals surface area (Å²) in [6.45, 7) is 4.77. The number of fused-ring (bicyclic) bond motifs is 14. The fourth-order valence-electron chi connectivity index (χ4n) is 6.79. The molecule has 1 radical (unpaired) electrons. The molecular formula is C32H22NO2Si. The number of allylic oxidation sites excluding steroid dienone is 1. The first kappa shape index (κ1) is 19.2. The zero-order chi connectivity index (χ0) is 23.7. The van der Waals surface area contributed by atoms with Crippen LogP contribution in [0.1, 0.15) is 28.8 Å². The van der Waals surface area contributed by atoms with Crippen LogP contribution in [0.5, 0.6) is 0 Å². The molecule has 1 aliphatic heterocycles. The number of furan rings is 2. The van der Waals surface area contributed by atoms with Crippen LogP contribution >= 0.6 is 0 Å². The molecule has 7 aromatic rings. The van der Waals surface area contributed by atoms with E-state index in [1.807, 2.05) is 0 Å². The van der Waals surface area contributed by atoms with Crippen LogP contribution in [0.25, 0.3) is 60.8 Å². The second kappa shape index (κ2) is 6.39. The van der Waals surface area contributed by atoms with Crippen molar-refractivity contribution in [1.29, 1.82) is 0 Å². The molecule has 4 heteroatoms. The molecule has 4 aromatic carbocycles. The molecule has 0 N–H and O–H groups in total. The summed E-state index contributed by atoms with van der Waals surface area (Å²) in [5, 5.41) is 7.63. The average molecular weight is 481 g/mol. The van der Waals surface area contributed by atoms with Gasteiger partial charge in [0, 0.05) is 38.4 Å². The topological polar surface area (TPSA) is 31.2 Å². The molecule has 36 heavy (non-hydrogen) atoms. The highest BCUT2D eigenvalue weighted by molar-refractivity contribution is 6.71. The van der Waals surface area contributed by atoms with Gasteiger partial charge in [0.25, 0.3) is 0 Å². The van der Waals surface area contributed by atoms with Crippen molar-refractivity contribution >= 4 is 74.8 Å². The highest BCUT2D eigenvalue weighted by Crippen LogP contribution is 2.55. The van der Waals surface area contributed by atoms with Gasteiger partial charge in [0.2, 0.25) is 0 Å². The third-order valence-electron chi connectivity index (χ3n) is 8.39. The maximum atomic E-state index is 6.64. The van der Waals surface area contributed by atoms with E-state index in [1.54, 1.807) is 0 Å². The van der Waals surface area contributed by atoms with E-state index >= 15 is 0 Å². The van der Waals surface area contributed by atoms with Crippen molar-refractivity contribution in [2.75, 3.05) is 0 Å². The molecule has 0 bridgehead atoms. The van der Waals surface area contributed by atoms with Crippen LogP contribution < -0.4 is 5.19 Å². The van der Waals surface area contributed by atoms with Crippen LogP contribution in [-0.4, -0.2) is 13.4 Å². The van der Waals surface area contributed by atoms with Crippen LogP contribution in [0.15, 0.2) is 87.7 Å². The van der Waals surface area contributed by atoms with E-state index in [0.29, 0.717) is 0 Å². The maximum absolute atomic E-state index is 6.64. The SMILES string of the molecule is C[Si](C)c1cc2c3c(c1)c1ccc4c5ccccc5oc4c1n3C1c3oc4ccccc4c3C=CC21. The summed E-state index contributed by atoms with van der Waals surface area (Å²) >= 11 is 0. The standard InChI is InChI=1S/C32H22NO2Si/c1-36(2)17-15-24-20-11-13-22-18-7-3-5-9-26(18)34-31(22)29(20)33-28(24)25(16-17)21-12-14-23-19-8-4-6-10-27(19)35-32(23)30(21)33/h3-16,20,29H,1-2H3. The molecule has 2 atom stereocenters. The quantitative estimate of drug-likeness (QED) is 0.222. The van der Waals surface area contributed by atoms with Gasteiger partial charge in [-0.2, -0.15) is 0 Å². The van der Waals surface area contributed by atoms with Crippen molar-refractivity contribution in [2.24, 2.45) is 0 Å². The molecule has 1 aliphatic carbocycles.